The summed E-state index contributed by atoms with van der Waals surface area (Å²) in [5.74, 6) is -0.232. The van der Waals surface area contributed by atoms with Gasteiger partial charge >= 0.3 is 0 Å². The maximum atomic E-state index is 11.1. The van der Waals surface area contributed by atoms with E-state index in [1.54, 1.807) is 0 Å². The van der Waals surface area contributed by atoms with Crippen molar-refractivity contribution >= 4 is 23.2 Å². The Morgan fingerprint density at radius 3 is 2.64 bits per heavy atom. The van der Waals surface area contributed by atoms with Crippen molar-refractivity contribution in [2.75, 3.05) is 11.2 Å². The Morgan fingerprint density at radius 1 is 1.57 bits per heavy atom. The summed E-state index contributed by atoms with van der Waals surface area (Å²) in [4.78, 5) is 11.1. The standard InChI is InChI=1S/C9H14ClN3O/c1-4-13-7(3)9(6(2)12-13)11-8(14)5-10/h4-5H2,1-3H3,(H,11,14). The summed E-state index contributed by atoms with van der Waals surface area (Å²) in [7, 11) is 0. The van der Waals surface area contributed by atoms with E-state index >= 15 is 0 Å². The molecule has 0 aliphatic rings. The number of aromatic nitrogens is 2. The minimum absolute atomic E-state index is 0.0316. The number of aryl methyl sites for hydroxylation is 2. The van der Waals surface area contributed by atoms with Crippen LogP contribution in [-0.4, -0.2) is 21.6 Å². The number of rotatable bonds is 3. The lowest BCUT2D eigenvalue weighted by Gasteiger charge is -2.03. The van der Waals surface area contributed by atoms with E-state index in [0.29, 0.717) is 0 Å². The van der Waals surface area contributed by atoms with Crippen LogP contribution in [0.25, 0.3) is 0 Å². The van der Waals surface area contributed by atoms with E-state index < -0.39 is 0 Å². The van der Waals surface area contributed by atoms with Gasteiger partial charge in [-0.15, -0.1) is 11.6 Å². The first-order valence-corrected chi connectivity index (χ1v) is 5.03. The van der Waals surface area contributed by atoms with Gasteiger partial charge in [-0.1, -0.05) is 0 Å². The van der Waals surface area contributed by atoms with Crippen LogP contribution in [0.3, 0.4) is 0 Å². The third kappa shape index (κ3) is 2.07. The summed E-state index contributed by atoms with van der Waals surface area (Å²) in [6.07, 6.45) is 0. The minimum Gasteiger partial charge on any atom is -0.322 e. The van der Waals surface area contributed by atoms with Crippen LogP contribution < -0.4 is 5.32 Å². The molecular weight excluding hydrogens is 202 g/mol. The van der Waals surface area contributed by atoms with E-state index in [-0.39, 0.29) is 11.8 Å². The zero-order valence-electron chi connectivity index (χ0n) is 8.59. The third-order valence-electron chi connectivity index (χ3n) is 2.07. The number of hydrogen-bond acceptors (Lipinski definition) is 2. The number of carbonyl (C=O) groups is 1. The first-order valence-electron chi connectivity index (χ1n) is 4.50. The van der Waals surface area contributed by atoms with Crippen LogP contribution in [0.5, 0.6) is 0 Å². The van der Waals surface area contributed by atoms with Gasteiger partial charge in [0, 0.05) is 6.54 Å². The molecule has 0 atom stereocenters. The van der Waals surface area contributed by atoms with E-state index in [1.807, 2.05) is 25.5 Å². The first-order chi connectivity index (χ1) is 6.60. The average Bonchev–Trinajstić information content (AvgIpc) is 2.44. The lowest BCUT2D eigenvalue weighted by Crippen LogP contribution is -2.13. The number of amides is 1. The molecule has 0 aliphatic carbocycles. The van der Waals surface area contributed by atoms with Crippen molar-refractivity contribution in [1.82, 2.24) is 9.78 Å². The monoisotopic (exact) mass is 215 g/mol. The molecule has 1 heterocycles. The Bertz CT molecular complexity index is 346. The Morgan fingerprint density at radius 2 is 2.21 bits per heavy atom. The van der Waals surface area contributed by atoms with Gasteiger partial charge in [0.2, 0.25) is 5.91 Å². The van der Waals surface area contributed by atoms with Crippen molar-refractivity contribution in [2.24, 2.45) is 0 Å². The number of nitrogens with one attached hydrogen (secondary N) is 1. The highest BCUT2D eigenvalue weighted by Crippen LogP contribution is 2.18. The fraction of sp³-hybridized carbons (Fsp3) is 0.556. The van der Waals surface area contributed by atoms with Gasteiger partial charge in [-0.2, -0.15) is 5.10 Å². The van der Waals surface area contributed by atoms with Crippen LogP contribution in [0.4, 0.5) is 5.69 Å². The fourth-order valence-electron chi connectivity index (χ4n) is 1.36. The highest BCUT2D eigenvalue weighted by molar-refractivity contribution is 6.29. The highest BCUT2D eigenvalue weighted by Gasteiger charge is 2.12. The van der Waals surface area contributed by atoms with Gasteiger partial charge < -0.3 is 5.32 Å². The summed E-state index contributed by atoms with van der Waals surface area (Å²) in [5, 5.41) is 7.00. The predicted molar refractivity (Wildman–Crippen MR) is 56.7 cm³/mol. The molecule has 0 saturated carbocycles. The van der Waals surface area contributed by atoms with Crippen molar-refractivity contribution in [2.45, 2.75) is 27.3 Å². The maximum Gasteiger partial charge on any atom is 0.239 e. The van der Waals surface area contributed by atoms with Crippen LogP contribution >= 0.6 is 11.6 Å². The zero-order valence-corrected chi connectivity index (χ0v) is 9.35. The molecule has 0 saturated heterocycles. The molecule has 5 heteroatoms. The molecule has 4 nitrogen and oxygen atoms in total. The second kappa shape index (κ2) is 4.46. The van der Waals surface area contributed by atoms with E-state index in [4.69, 9.17) is 11.6 Å². The smallest absolute Gasteiger partial charge is 0.239 e. The van der Waals surface area contributed by atoms with Crippen LogP contribution in [0.1, 0.15) is 18.3 Å². The number of hydrogen-bond donors (Lipinski definition) is 1. The summed E-state index contributed by atoms with van der Waals surface area (Å²) in [5.41, 5.74) is 2.56. The molecule has 0 aromatic carbocycles. The summed E-state index contributed by atoms with van der Waals surface area (Å²) in [6.45, 7) is 6.59. The minimum atomic E-state index is -0.200. The van der Waals surface area contributed by atoms with Gasteiger partial charge in [-0.05, 0) is 20.8 Å². The summed E-state index contributed by atoms with van der Waals surface area (Å²) >= 11 is 5.41. The molecule has 1 aromatic rings. The van der Waals surface area contributed by atoms with Gasteiger partial charge in [-0.3, -0.25) is 9.48 Å². The largest absolute Gasteiger partial charge is 0.322 e. The highest BCUT2D eigenvalue weighted by atomic mass is 35.5. The topological polar surface area (TPSA) is 46.9 Å². The van der Waals surface area contributed by atoms with Crippen molar-refractivity contribution < 1.29 is 4.79 Å². The Hall–Kier alpha value is -1.03. The Labute approximate surface area is 88.2 Å². The molecule has 0 unspecified atom stereocenters. The predicted octanol–water partition coefficient (Wildman–Crippen LogP) is 1.70. The van der Waals surface area contributed by atoms with Crippen molar-refractivity contribution in [3.63, 3.8) is 0 Å². The van der Waals surface area contributed by atoms with E-state index in [2.05, 4.69) is 10.4 Å². The molecule has 1 N–H and O–H groups in total. The van der Waals surface area contributed by atoms with Crippen LogP contribution in [0.2, 0.25) is 0 Å². The Kier molecular flexibility index (Phi) is 3.52. The van der Waals surface area contributed by atoms with E-state index in [9.17, 15) is 4.79 Å². The second-order valence-corrected chi connectivity index (χ2v) is 3.31. The van der Waals surface area contributed by atoms with E-state index in [0.717, 1.165) is 23.6 Å². The van der Waals surface area contributed by atoms with Crippen LogP contribution in [0.15, 0.2) is 0 Å². The lowest BCUT2D eigenvalue weighted by atomic mass is 10.3. The number of halogens is 1. The van der Waals surface area contributed by atoms with Gasteiger partial charge in [0.1, 0.15) is 5.88 Å². The van der Waals surface area contributed by atoms with Crippen molar-refractivity contribution in [1.29, 1.82) is 0 Å². The Balaban J connectivity index is 2.96. The SMILES string of the molecule is CCn1nc(C)c(NC(=O)CCl)c1C. The molecule has 0 aliphatic heterocycles. The molecule has 0 bridgehead atoms. The van der Waals surface area contributed by atoms with Crippen molar-refractivity contribution in [3.05, 3.63) is 11.4 Å². The first kappa shape index (κ1) is 11.0. The van der Waals surface area contributed by atoms with Crippen molar-refractivity contribution in [3.8, 4) is 0 Å². The van der Waals surface area contributed by atoms with Gasteiger partial charge in [0.05, 0.1) is 17.1 Å². The molecular formula is C9H14ClN3O. The molecule has 0 radical (unpaired) electrons. The lowest BCUT2D eigenvalue weighted by molar-refractivity contribution is -0.113. The number of alkyl halides is 1. The molecule has 14 heavy (non-hydrogen) atoms. The average molecular weight is 216 g/mol. The number of nitrogens with zero attached hydrogens (tertiary/aromatic N) is 2. The summed E-state index contributed by atoms with van der Waals surface area (Å²) < 4.78 is 1.85. The quantitative estimate of drug-likeness (QED) is 0.781. The van der Waals surface area contributed by atoms with Crippen LogP contribution in [-0.2, 0) is 11.3 Å². The molecule has 1 rings (SSSR count). The number of anilines is 1. The van der Waals surface area contributed by atoms with E-state index in [1.165, 1.54) is 0 Å². The zero-order chi connectivity index (χ0) is 10.7. The van der Waals surface area contributed by atoms with Crippen LogP contribution in [0, 0.1) is 13.8 Å². The molecule has 1 amide bonds. The normalized spacial score (nSPS) is 10.3. The van der Waals surface area contributed by atoms with Gasteiger partial charge in [0.15, 0.2) is 0 Å². The molecule has 78 valence electrons. The maximum absolute atomic E-state index is 11.1. The fourth-order valence-corrected chi connectivity index (χ4v) is 1.43. The van der Waals surface area contributed by atoms with Gasteiger partial charge in [-0.25, -0.2) is 0 Å². The molecule has 0 spiro atoms. The summed E-state index contributed by atoms with van der Waals surface area (Å²) in [6, 6.07) is 0. The second-order valence-electron chi connectivity index (χ2n) is 3.04. The molecule has 1 aromatic heterocycles. The van der Waals surface area contributed by atoms with Gasteiger partial charge in [0.25, 0.3) is 0 Å². The number of carbonyl (C=O) groups excluding carboxylic acids is 1. The third-order valence-corrected chi connectivity index (χ3v) is 2.31. The molecule has 0 fully saturated rings.